The number of hydrogen-bond acceptors (Lipinski definition) is 4. The van der Waals surface area contributed by atoms with Crippen molar-refractivity contribution in [2.75, 3.05) is 6.54 Å². The van der Waals surface area contributed by atoms with Gasteiger partial charge < -0.3 is 10.1 Å². The van der Waals surface area contributed by atoms with Gasteiger partial charge in [0.25, 0.3) is 5.91 Å². The number of halogens is 1. The van der Waals surface area contributed by atoms with Crippen LogP contribution in [0.25, 0.3) is 16.9 Å². The molecule has 0 unspecified atom stereocenters. The van der Waals surface area contributed by atoms with E-state index in [1.54, 1.807) is 23.5 Å². The Hall–Kier alpha value is -2.86. The van der Waals surface area contributed by atoms with Gasteiger partial charge in [0.15, 0.2) is 5.75 Å². The topological polar surface area (TPSA) is 72.7 Å². The second-order valence-electron chi connectivity index (χ2n) is 10.8. The van der Waals surface area contributed by atoms with E-state index < -0.39 is 0 Å². The van der Waals surface area contributed by atoms with Gasteiger partial charge in [0.2, 0.25) is 0 Å². The molecule has 0 radical (unpaired) electrons. The first-order valence-corrected chi connectivity index (χ1v) is 13.1. The standard InChI is InChI=1S/C28H30ClN3O3/c1-2-25(33)35-26-20(5-3-6-21(26)29)22-15-32-23(7-4-8-24(32)31-22)27(34)30-16-28-12-17-9-18(13-28)11-19(10-17)14-28/h3-8,15,17-19H,2,9-14,16H2,1H3,(H,30,34). The summed E-state index contributed by atoms with van der Waals surface area (Å²) >= 11 is 6.35. The van der Waals surface area contributed by atoms with Crippen LogP contribution in [-0.4, -0.2) is 27.8 Å². The Kier molecular flexibility index (Phi) is 5.59. The quantitative estimate of drug-likeness (QED) is 0.343. The molecule has 4 saturated carbocycles. The van der Waals surface area contributed by atoms with Crippen LogP contribution in [0, 0.1) is 23.2 Å². The zero-order chi connectivity index (χ0) is 24.2. The van der Waals surface area contributed by atoms with E-state index in [2.05, 4.69) is 5.32 Å². The minimum absolute atomic E-state index is 0.0842. The average molecular weight is 492 g/mol. The van der Waals surface area contributed by atoms with E-state index >= 15 is 0 Å². The Balaban J connectivity index is 1.27. The molecule has 0 spiro atoms. The maximum absolute atomic E-state index is 13.4. The molecular formula is C28H30ClN3O3. The molecule has 0 atom stereocenters. The third-order valence-electron chi connectivity index (χ3n) is 8.26. The van der Waals surface area contributed by atoms with E-state index in [1.165, 1.54) is 38.5 Å². The Morgan fingerprint density at radius 1 is 1.09 bits per heavy atom. The average Bonchev–Trinajstić information content (AvgIpc) is 3.27. The fraction of sp³-hybridized carbons (Fsp3) is 0.464. The summed E-state index contributed by atoms with van der Waals surface area (Å²) < 4.78 is 7.31. The van der Waals surface area contributed by atoms with E-state index in [-0.39, 0.29) is 29.5 Å². The summed E-state index contributed by atoms with van der Waals surface area (Å²) in [7, 11) is 0. The fourth-order valence-electron chi connectivity index (χ4n) is 7.19. The molecule has 35 heavy (non-hydrogen) atoms. The van der Waals surface area contributed by atoms with Gasteiger partial charge in [-0.3, -0.25) is 14.0 Å². The van der Waals surface area contributed by atoms with Crippen molar-refractivity contribution in [2.45, 2.75) is 51.9 Å². The van der Waals surface area contributed by atoms with Gasteiger partial charge in [-0.15, -0.1) is 0 Å². The summed E-state index contributed by atoms with van der Waals surface area (Å²) in [6, 6.07) is 10.8. The SMILES string of the molecule is CCC(=O)Oc1c(Cl)cccc1-c1cn2c(C(=O)NCC34CC5CC(CC(C5)C3)C4)cccc2n1. The molecule has 1 N–H and O–H groups in total. The number of amides is 1. The minimum Gasteiger partial charge on any atom is -0.424 e. The molecule has 2 aromatic heterocycles. The van der Waals surface area contributed by atoms with Crippen molar-refractivity contribution >= 4 is 29.1 Å². The van der Waals surface area contributed by atoms with Crippen LogP contribution in [0.3, 0.4) is 0 Å². The van der Waals surface area contributed by atoms with Crippen molar-refractivity contribution in [3.63, 3.8) is 0 Å². The number of benzene rings is 1. The molecule has 6 nitrogen and oxygen atoms in total. The van der Waals surface area contributed by atoms with Gasteiger partial charge in [-0.25, -0.2) is 4.98 Å². The normalized spacial score (nSPS) is 26.7. The van der Waals surface area contributed by atoms with E-state index in [0.717, 1.165) is 24.3 Å². The van der Waals surface area contributed by atoms with Crippen molar-refractivity contribution < 1.29 is 14.3 Å². The predicted molar refractivity (Wildman–Crippen MR) is 135 cm³/mol. The molecule has 2 heterocycles. The number of carbonyl (C=O) groups excluding carboxylic acids is 2. The molecular weight excluding hydrogens is 462 g/mol. The summed E-state index contributed by atoms with van der Waals surface area (Å²) in [5.74, 6) is 2.40. The highest BCUT2D eigenvalue weighted by atomic mass is 35.5. The number of nitrogens with zero attached hydrogens (tertiary/aromatic N) is 2. The van der Waals surface area contributed by atoms with Crippen molar-refractivity contribution in [1.82, 2.24) is 14.7 Å². The Morgan fingerprint density at radius 2 is 1.77 bits per heavy atom. The number of ether oxygens (including phenoxy) is 1. The van der Waals surface area contributed by atoms with Crippen molar-refractivity contribution in [3.8, 4) is 17.0 Å². The number of imidazole rings is 1. The highest BCUT2D eigenvalue weighted by molar-refractivity contribution is 6.32. The first-order valence-electron chi connectivity index (χ1n) is 12.7. The molecule has 182 valence electrons. The molecule has 4 fully saturated rings. The van der Waals surface area contributed by atoms with Crippen LogP contribution in [0.15, 0.2) is 42.6 Å². The first kappa shape index (κ1) is 22.6. The van der Waals surface area contributed by atoms with Crippen LogP contribution >= 0.6 is 11.6 Å². The molecule has 1 amide bonds. The van der Waals surface area contributed by atoms with Gasteiger partial charge in [-0.2, -0.15) is 0 Å². The third kappa shape index (κ3) is 4.12. The smallest absolute Gasteiger partial charge is 0.310 e. The van der Waals surface area contributed by atoms with Crippen LogP contribution in [-0.2, 0) is 4.79 Å². The maximum atomic E-state index is 13.4. The Bertz CT molecular complexity index is 1280. The predicted octanol–water partition coefficient (Wildman–Crippen LogP) is 5.92. The lowest BCUT2D eigenvalue weighted by molar-refractivity contribution is -0.133. The molecule has 1 aromatic carbocycles. The summed E-state index contributed by atoms with van der Waals surface area (Å²) in [6.45, 7) is 2.48. The number of hydrogen-bond donors (Lipinski definition) is 1. The van der Waals surface area contributed by atoms with E-state index in [4.69, 9.17) is 21.3 Å². The molecule has 0 saturated heterocycles. The van der Waals surface area contributed by atoms with Gasteiger partial charge in [0.05, 0.1) is 10.7 Å². The van der Waals surface area contributed by atoms with E-state index in [1.807, 2.05) is 30.5 Å². The second kappa shape index (κ2) is 8.66. The molecule has 4 aliphatic carbocycles. The largest absolute Gasteiger partial charge is 0.424 e. The molecule has 7 rings (SSSR count). The number of aromatic nitrogens is 2. The maximum Gasteiger partial charge on any atom is 0.310 e. The summed E-state index contributed by atoms with van der Waals surface area (Å²) in [5, 5.41) is 3.62. The fourth-order valence-corrected chi connectivity index (χ4v) is 7.40. The summed E-state index contributed by atoms with van der Waals surface area (Å²) in [4.78, 5) is 30.0. The van der Waals surface area contributed by atoms with Gasteiger partial charge in [-0.05, 0) is 86.0 Å². The van der Waals surface area contributed by atoms with Gasteiger partial charge in [-0.1, -0.05) is 30.7 Å². The number of para-hydroxylation sites is 1. The molecule has 4 aliphatic rings. The number of pyridine rings is 1. The zero-order valence-electron chi connectivity index (χ0n) is 19.9. The van der Waals surface area contributed by atoms with Gasteiger partial charge in [0, 0.05) is 24.7 Å². The number of nitrogens with one attached hydrogen (secondary N) is 1. The van der Waals surface area contributed by atoms with Crippen molar-refractivity contribution in [3.05, 3.63) is 53.3 Å². The molecule has 7 heteroatoms. The van der Waals surface area contributed by atoms with Crippen LogP contribution in [0.1, 0.15) is 62.4 Å². The van der Waals surface area contributed by atoms with E-state index in [9.17, 15) is 9.59 Å². The summed E-state index contributed by atoms with van der Waals surface area (Å²) in [5.41, 5.74) is 2.67. The number of rotatable bonds is 6. The van der Waals surface area contributed by atoms with Gasteiger partial charge in [0.1, 0.15) is 11.3 Å². The number of fused-ring (bicyclic) bond motifs is 1. The Morgan fingerprint density at radius 3 is 2.46 bits per heavy atom. The lowest BCUT2D eigenvalue weighted by atomic mass is 9.49. The monoisotopic (exact) mass is 491 g/mol. The van der Waals surface area contributed by atoms with Crippen LogP contribution in [0.4, 0.5) is 0 Å². The minimum atomic E-state index is -0.368. The second-order valence-corrected chi connectivity index (χ2v) is 11.2. The molecule has 3 aromatic rings. The lowest BCUT2D eigenvalue weighted by Crippen LogP contribution is -2.51. The van der Waals surface area contributed by atoms with Crippen molar-refractivity contribution in [1.29, 1.82) is 0 Å². The molecule has 4 bridgehead atoms. The first-order chi connectivity index (χ1) is 16.9. The number of esters is 1. The van der Waals surface area contributed by atoms with E-state index in [0.29, 0.717) is 27.6 Å². The lowest BCUT2D eigenvalue weighted by Gasteiger charge is -2.56. The Labute approximate surface area is 210 Å². The van der Waals surface area contributed by atoms with Gasteiger partial charge >= 0.3 is 5.97 Å². The number of carbonyl (C=O) groups is 2. The van der Waals surface area contributed by atoms with Crippen LogP contribution < -0.4 is 10.1 Å². The van der Waals surface area contributed by atoms with Crippen LogP contribution in [0.2, 0.25) is 5.02 Å². The molecule has 0 aliphatic heterocycles. The van der Waals surface area contributed by atoms with Crippen LogP contribution in [0.5, 0.6) is 5.75 Å². The summed E-state index contributed by atoms with van der Waals surface area (Å²) in [6.07, 6.45) is 10.00. The highest BCUT2D eigenvalue weighted by Crippen LogP contribution is 2.59. The van der Waals surface area contributed by atoms with Crippen molar-refractivity contribution in [2.24, 2.45) is 23.2 Å². The highest BCUT2D eigenvalue weighted by Gasteiger charge is 2.50. The third-order valence-corrected chi connectivity index (χ3v) is 8.56. The zero-order valence-corrected chi connectivity index (χ0v) is 20.7.